The first-order valence-electron chi connectivity index (χ1n) is 8.30. The smallest absolute Gasteiger partial charge is 0.406 e. The predicted octanol–water partition coefficient (Wildman–Crippen LogP) is 3.63. The van der Waals surface area contributed by atoms with Gasteiger partial charge < -0.3 is 14.4 Å². The zero-order valence-electron chi connectivity index (χ0n) is 15.5. The number of alkyl halides is 3. The summed E-state index contributed by atoms with van der Waals surface area (Å²) >= 11 is 0. The number of aromatic nitrogens is 1. The molecule has 0 aliphatic carbocycles. The van der Waals surface area contributed by atoms with E-state index in [-0.39, 0.29) is 28.1 Å². The van der Waals surface area contributed by atoms with Gasteiger partial charge in [0.15, 0.2) is 5.76 Å². The van der Waals surface area contributed by atoms with Gasteiger partial charge in [-0.05, 0) is 42.8 Å². The Morgan fingerprint density at radius 2 is 1.84 bits per heavy atom. The molecule has 0 aliphatic heterocycles. The van der Waals surface area contributed by atoms with Crippen LogP contribution in [0.4, 0.5) is 22.0 Å². The molecule has 0 spiro atoms. The summed E-state index contributed by atoms with van der Waals surface area (Å²) in [6.07, 6.45) is -4.92. The van der Waals surface area contributed by atoms with Crippen LogP contribution in [0.15, 0.2) is 39.8 Å². The van der Waals surface area contributed by atoms with Crippen LogP contribution < -0.4 is 9.88 Å². The minimum absolute atomic E-state index is 0.0468. The summed E-state index contributed by atoms with van der Waals surface area (Å²) in [6, 6.07) is 4.30. The minimum atomic E-state index is -4.92. The van der Waals surface area contributed by atoms with E-state index in [0.717, 1.165) is 6.07 Å². The molecular formula is C18H13F5N2O5S. The van der Waals surface area contributed by atoms with Crippen molar-refractivity contribution in [1.29, 1.82) is 0 Å². The van der Waals surface area contributed by atoms with Crippen LogP contribution in [0.25, 0.3) is 22.4 Å². The molecule has 166 valence electrons. The minimum Gasteiger partial charge on any atom is -0.406 e. The van der Waals surface area contributed by atoms with Gasteiger partial charge in [0.2, 0.25) is 10.0 Å². The second-order valence-corrected chi connectivity index (χ2v) is 7.85. The van der Waals surface area contributed by atoms with Crippen LogP contribution in [0.1, 0.15) is 11.3 Å². The van der Waals surface area contributed by atoms with Crippen LogP contribution in [0.3, 0.4) is 0 Å². The van der Waals surface area contributed by atoms with E-state index >= 15 is 0 Å². The third kappa shape index (κ3) is 4.68. The molecule has 0 radical (unpaired) electrons. The highest BCUT2D eigenvalue weighted by molar-refractivity contribution is 7.89. The topological polar surface area (TPSA) is 116 Å². The van der Waals surface area contributed by atoms with E-state index in [0.29, 0.717) is 12.1 Å². The molecule has 31 heavy (non-hydrogen) atoms. The lowest BCUT2D eigenvalue weighted by molar-refractivity contribution is -0.274. The van der Waals surface area contributed by atoms with Gasteiger partial charge in [-0.25, -0.2) is 22.3 Å². The first-order valence-corrected chi connectivity index (χ1v) is 9.85. The van der Waals surface area contributed by atoms with Crippen molar-refractivity contribution < 1.29 is 44.7 Å². The molecule has 0 amide bonds. The van der Waals surface area contributed by atoms with Crippen molar-refractivity contribution in [2.75, 3.05) is 0 Å². The Kier molecular flexibility index (Phi) is 5.78. The lowest BCUT2D eigenvalue weighted by Crippen LogP contribution is -2.17. The van der Waals surface area contributed by atoms with Crippen molar-refractivity contribution >= 4 is 10.0 Å². The average molecular weight is 464 g/mol. The number of halogens is 5. The van der Waals surface area contributed by atoms with Gasteiger partial charge in [-0.3, -0.25) is 0 Å². The summed E-state index contributed by atoms with van der Waals surface area (Å²) in [5, 5.41) is 18.0. The highest BCUT2D eigenvalue weighted by Gasteiger charge is 2.32. The molecule has 0 atom stereocenters. The van der Waals surface area contributed by atoms with Crippen molar-refractivity contribution in [2.45, 2.75) is 24.8 Å². The van der Waals surface area contributed by atoms with Crippen molar-refractivity contribution in [3.8, 4) is 28.1 Å². The number of ether oxygens (including phenoxy) is 1. The lowest BCUT2D eigenvalue weighted by Gasteiger charge is -2.12. The van der Waals surface area contributed by atoms with E-state index in [1.807, 2.05) is 0 Å². The van der Waals surface area contributed by atoms with Crippen LogP contribution in [0, 0.1) is 18.6 Å². The molecule has 7 nitrogen and oxygen atoms in total. The largest absolute Gasteiger partial charge is 0.573 e. The average Bonchev–Trinajstić information content (AvgIpc) is 3.06. The number of primary sulfonamides is 1. The summed E-state index contributed by atoms with van der Waals surface area (Å²) in [4.78, 5) is -1.08. The van der Waals surface area contributed by atoms with Gasteiger partial charge in [0.25, 0.3) is 0 Å². The third-order valence-electron chi connectivity index (χ3n) is 4.18. The maximum atomic E-state index is 14.7. The Balaban J connectivity index is 2.17. The standard InChI is InChI=1S/C18H13F5N2O5S/c1-8-4-9(2-3-13(8)29-18(21,22)23)17-16(14(7-26)30-25-17)10-5-12(20)15(6-11(10)19)31(24,27)28/h2-6,26H,7H2,1H3,(H2,24,27,28). The lowest BCUT2D eigenvalue weighted by atomic mass is 9.97. The number of rotatable bonds is 5. The Bertz CT molecular complexity index is 1250. The number of aliphatic hydroxyl groups is 1. The maximum absolute atomic E-state index is 14.7. The van der Waals surface area contributed by atoms with Gasteiger partial charge in [0, 0.05) is 11.1 Å². The molecule has 0 saturated heterocycles. The molecule has 3 rings (SSSR count). The van der Waals surface area contributed by atoms with Crippen LogP contribution >= 0.6 is 0 Å². The second kappa shape index (κ2) is 7.90. The number of aliphatic hydroxyl groups excluding tert-OH is 1. The Morgan fingerprint density at radius 1 is 1.16 bits per heavy atom. The number of nitrogens with two attached hydrogens (primary N) is 1. The van der Waals surface area contributed by atoms with Crippen molar-refractivity contribution in [3.05, 3.63) is 53.3 Å². The maximum Gasteiger partial charge on any atom is 0.573 e. The summed E-state index contributed by atoms with van der Waals surface area (Å²) < 4.78 is 98.0. The van der Waals surface area contributed by atoms with Gasteiger partial charge in [-0.1, -0.05) is 5.16 Å². The molecule has 0 aliphatic rings. The Morgan fingerprint density at radius 3 is 2.39 bits per heavy atom. The fraction of sp³-hybridized carbons (Fsp3) is 0.167. The Hall–Kier alpha value is -3.03. The van der Waals surface area contributed by atoms with Crippen molar-refractivity contribution in [1.82, 2.24) is 5.16 Å². The van der Waals surface area contributed by atoms with E-state index in [9.17, 15) is 35.5 Å². The molecule has 1 aromatic heterocycles. The number of benzene rings is 2. The molecule has 0 bridgehead atoms. The van der Waals surface area contributed by atoms with Crippen molar-refractivity contribution in [3.63, 3.8) is 0 Å². The third-order valence-corrected chi connectivity index (χ3v) is 5.10. The fourth-order valence-electron chi connectivity index (χ4n) is 2.88. The number of sulfonamides is 1. The van der Waals surface area contributed by atoms with Gasteiger partial charge in [0.05, 0.1) is 5.56 Å². The van der Waals surface area contributed by atoms with E-state index in [2.05, 4.69) is 9.89 Å². The molecule has 2 aromatic carbocycles. The molecule has 0 unspecified atom stereocenters. The number of nitrogens with zero attached hydrogens (tertiary/aromatic N) is 1. The van der Waals surface area contributed by atoms with Crippen LogP contribution in [-0.2, 0) is 16.6 Å². The second-order valence-electron chi connectivity index (χ2n) is 6.32. The van der Waals surface area contributed by atoms with E-state index < -0.39 is 50.8 Å². The van der Waals surface area contributed by atoms with Gasteiger partial charge >= 0.3 is 6.36 Å². The van der Waals surface area contributed by atoms with Gasteiger partial charge in [0.1, 0.15) is 34.6 Å². The monoisotopic (exact) mass is 464 g/mol. The predicted molar refractivity (Wildman–Crippen MR) is 96.0 cm³/mol. The highest BCUT2D eigenvalue weighted by atomic mass is 32.2. The quantitative estimate of drug-likeness (QED) is 0.557. The van der Waals surface area contributed by atoms with E-state index in [4.69, 9.17) is 9.66 Å². The van der Waals surface area contributed by atoms with Crippen LogP contribution in [0.2, 0.25) is 0 Å². The molecule has 13 heteroatoms. The normalized spacial score (nSPS) is 12.3. The van der Waals surface area contributed by atoms with Crippen LogP contribution in [-0.4, -0.2) is 25.0 Å². The summed E-state index contributed by atoms with van der Waals surface area (Å²) in [6.45, 7) is 0.535. The first kappa shape index (κ1) is 22.7. The van der Waals surface area contributed by atoms with E-state index in [1.165, 1.54) is 19.1 Å². The summed E-state index contributed by atoms with van der Waals surface area (Å²) in [5.41, 5.74) is -0.666. The number of aryl methyl sites for hydroxylation is 1. The highest BCUT2D eigenvalue weighted by Crippen LogP contribution is 2.39. The number of hydrogen-bond acceptors (Lipinski definition) is 6. The fourth-order valence-corrected chi connectivity index (χ4v) is 3.48. The summed E-state index contributed by atoms with van der Waals surface area (Å²) in [7, 11) is -4.55. The summed E-state index contributed by atoms with van der Waals surface area (Å²) in [5.74, 6) is -3.35. The molecule has 1 heterocycles. The number of hydrogen-bond donors (Lipinski definition) is 2. The molecule has 0 fully saturated rings. The zero-order chi connectivity index (χ0) is 23.1. The molecular weight excluding hydrogens is 451 g/mol. The molecule has 3 N–H and O–H groups in total. The molecule has 3 aromatic rings. The molecule has 0 saturated carbocycles. The zero-order valence-corrected chi connectivity index (χ0v) is 16.3. The SMILES string of the molecule is Cc1cc(-c2noc(CO)c2-c2cc(F)c(S(N)(=O)=O)cc2F)ccc1OC(F)(F)F. The van der Waals surface area contributed by atoms with E-state index in [1.54, 1.807) is 0 Å². The van der Waals surface area contributed by atoms with Crippen molar-refractivity contribution in [2.24, 2.45) is 5.14 Å². The van der Waals surface area contributed by atoms with Crippen LogP contribution in [0.5, 0.6) is 5.75 Å². The Labute approximate surface area is 171 Å². The first-order chi connectivity index (χ1) is 14.3. The van der Waals surface area contributed by atoms with Gasteiger partial charge in [-0.2, -0.15) is 0 Å². The van der Waals surface area contributed by atoms with Gasteiger partial charge in [-0.15, -0.1) is 13.2 Å².